The van der Waals surface area contributed by atoms with Crippen LogP contribution in [0.2, 0.25) is 0 Å². The Bertz CT molecular complexity index is 621. The predicted octanol–water partition coefficient (Wildman–Crippen LogP) is 1.83. The molecule has 1 N–H and O–H groups in total. The fourth-order valence-corrected chi connectivity index (χ4v) is 2.93. The van der Waals surface area contributed by atoms with Crippen molar-refractivity contribution in [3.8, 4) is 11.3 Å². The van der Waals surface area contributed by atoms with Crippen LogP contribution in [0.1, 0.15) is 5.56 Å². The first-order valence-corrected chi connectivity index (χ1v) is 8.46. The van der Waals surface area contributed by atoms with E-state index >= 15 is 0 Å². The van der Waals surface area contributed by atoms with Gasteiger partial charge in [0.15, 0.2) is 0 Å². The molecule has 130 valence electrons. The van der Waals surface area contributed by atoms with Crippen molar-refractivity contribution in [3.63, 3.8) is 0 Å². The lowest BCUT2D eigenvalue weighted by molar-refractivity contribution is 0.199. The standard InChI is InChI=1S/C18H26N4O2/c1-21-9-11-22(12-10-21)18-16(14-19-8-13-23-2)17(20-24-18)15-6-4-3-5-7-15/h3-7,19H,8-14H2,1-2H3. The van der Waals surface area contributed by atoms with Crippen molar-refractivity contribution >= 4 is 5.88 Å². The summed E-state index contributed by atoms with van der Waals surface area (Å²) in [6.07, 6.45) is 0. The molecule has 1 aromatic heterocycles. The summed E-state index contributed by atoms with van der Waals surface area (Å²) in [6.45, 7) is 6.22. The number of rotatable bonds is 7. The van der Waals surface area contributed by atoms with Gasteiger partial charge < -0.3 is 24.4 Å². The molecule has 6 nitrogen and oxygen atoms in total. The summed E-state index contributed by atoms with van der Waals surface area (Å²) in [5.41, 5.74) is 3.14. The fraction of sp³-hybridized carbons (Fsp3) is 0.500. The molecule has 1 aliphatic heterocycles. The number of aromatic nitrogens is 1. The van der Waals surface area contributed by atoms with Gasteiger partial charge in [-0.25, -0.2) is 0 Å². The van der Waals surface area contributed by atoms with Gasteiger partial charge in [0.05, 0.1) is 12.2 Å². The van der Waals surface area contributed by atoms with Crippen LogP contribution in [0.5, 0.6) is 0 Å². The lowest BCUT2D eigenvalue weighted by Crippen LogP contribution is -2.44. The Morgan fingerprint density at radius 1 is 1.17 bits per heavy atom. The monoisotopic (exact) mass is 330 g/mol. The largest absolute Gasteiger partial charge is 0.383 e. The molecule has 1 aromatic carbocycles. The van der Waals surface area contributed by atoms with Gasteiger partial charge in [-0.05, 0) is 7.05 Å². The molecule has 0 unspecified atom stereocenters. The van der Waals surface area contributed by atoms with Gasteiger partial charge in [-0.3, -0.25) is 0 Å². The van der Waals surface area contributed by atoms with E-state index in [0.29, 0.717) is 6.61 Å². The third-order valence-electron chi connectivity index (χ3n) is 4.39. The van der Waals surface area contributed by atoms with Gasteiger partial charge in [0.2, 0.25) is 5.88 Å². The zero-order chi connectivity index (χ0) is 16.8. The summed E-state index contributed by atoms with van der Waals surface area (Å²) in [6, 6.07) is 10.2. The molecule has 1 saturated heterocycles. The molecule has 3 rings (SSSR count). The number of ether oxygens (including phenoxy) is 1. The molecule has 0 amide bonds. The Hall–Kier alpha value is -1.89. The molecule has 0 bridgehead atoms. The van der Waals surface area contributed by atoms with Crippen LogP contribution in [0, 0.1) is 0 Å². The van der Waals surface area contributed by atoms with E-state index in [2.05, 4.69) is 39.5 Å². The van der Waals surface area contributed by atoms with Crippen LogP contribution in [0.3, 0.4) is 0 Å². The Labute approximate surface area is 143 Å². The van der Waals surface area contributed by atoms with Crippen LogP contribution in [-0.4, -0.2) is 63.5 Å². The molecule has 0 aliphatic carbocycles. The van der Waals surface area contributed by atoms with Gasteiger partial charge in [0, 0.05) is 51.9 Å². The topological polar surface area (TPSA) is 53.8 Å². The number of anilines is 1. The van der Waals surface area contributed by atoms with Crippen molar-refractivity contribution in [1.29, 1.82) is 0 Å². The van der Waals surface area contributed by atoms with Gasteiger partial charge >= 0.3 is 0 Å². The zero-order valence-electron chi connectivity index (χ0n) is 14.5. The maximum Gasteiger partial charge on any atom is 0.232 e. The van der Waals surface area contributed by atoms with Crippen LogP contribution in [0.4, 0.5) is 5.88 Å². The van der Waals surface area contributed by atoms with Crippen LogP contribution >= 0.6 is 0 Å². The van der Waals surface area contributed by atoms with Crippen molar-refractivity contribution in [2.24, 2.45) is 0 Å². The Kier molecular flexibility index (Phi) is 5.85. The molecule has 1 fully saturated rings. The van der Waals surface area contributed by atoms with Crippen LogP contribution in [0.15, 0.2) is 34.9 Å². The fourth-order valence-electron chi connectivity index (χ4n) is 2.93. The van der Waals surface area contributed by atoms with E-state index in [-0.39, 0.29) is 0 Å². The summed E-state index contributed by atoms with van der Waals surface area (Å²) >= 11 is 0. The maximum absolute atomic E-state index is 5.77. The highest BCUT2D eigenvalue weighted by Crippen LogP contribution is 2.31. The molecule has 6 heteroatoms. The van der Waals surface area contributed by atoms with E-state index in [0.717, 1.165) is 62.0 Å². The van der Waals surface area contributed by atoms with E-state index in [1.807, 2.05) is 18.2 Å². The van der Waals surface area contributed by atoms with Crippen molar-refractivity contribution in [3.05, 3.63) is 35.9 Å². The molecular formula is C18H26N4O2. The molecule has 24 heavy (non-hydrogen) atoms. The number of nitrogens with one attached hydrogen (secondary N) is 1. The highest BCUT2D eigenvalue weighted by atomic mass is 16.5. The second-order valence-corrected chi connectivity index (χ2v) is 6.14. The van der Waals surface area contributed by atoms with E-state index in [4.69, 9.17) is 9.26 Å². The zero-order valence-corrected chi connectivity index (χ0v) is 14.5. The summed E-state index contributed by atoms with van der Waals surface area (Å²) < 4.78 is 10.9. The Morgan fingerprint density at radius 3 is 2.62 bits per heavy atom. The minimum atomic E-state index is 0.690. The van der Waals surface area contributed by atoms with Crippen LogP contribution < -0.4 is 10.2 Å². The summed E-state index contributed by atoms with van der Waals surface area (Å²) in [4.78, 5) is 4.63. The third-order valence-corrected chi connectivity index (χ3v) is 4.39. The second kappa shape index (κ2) is 8.28. The van der Waals surface area contributed by atoms with Crippen molar-refractivity contribution in [1.82, 2.24) is 15.4 Å². The molecule has 0 saturated carbocycles. The minimum absolute atomic E-state index is 0.690. The van der Waals surface area contributed by atoms with Crippen LogP contribution in [0.25, 0.3) is 11.3 Å². The molecular weight excluding hydrogens is 304 g/mol. The van der Waals surface area contributed by atoms with Gasteiger partial charge in [-0.1, -0.05) is 35.5 Å². The van der Waals surface area contributed by atoms with E-state index in [1.54, 1.807) is 7.11 Å². The number of likely N-dealkylation sites (N-methyl/N-ethyl adjacent to an activating group) is 1. The van der Waals surface area contributed by atoms with Crippen LogP contribution in [-0.2, 0) is 11.3 Å². The number of hydrogen-bond donors (Lipinski definition) is 1. The molecule has 1 aliphatic rings. The van der Waals surface area contributed by atoms with E-state index < -0.39 is 0 Å². The molecule has 0 spiro atoms. The number of benzene rings is 1. The summed E-state index contributed by atoms with van der Waals surface area (Å²) in [7, 11) is 3.87. The molecule has 2 heterocycles. The minimum Gasteiger partial charge on any atom is -0.383 e. The highest BCUT2D eigenvalue weighted by molar-refractivity contribution is 5.68. The third kappa shape index (κ3) is 3.95. The smallest absolute Gasteiger partial charge is 0.232 e. The maximum atomic E-state index is 5.77. The normalized spacial score (nSPS) is 15.8. The molecule has 2 aromatic rings. The van der Waals surface area contributed by atoms with Gasteiger partial charge in [0.1, 0.15) is 5.69 Å². The number of methoxy groups -OCH3 is 1. The highest BCUT2D eigenvalue weighted by Gasteiger charge is 2.24. The molecule has 0 radical (unpaired) electrons. The van der Waals surface area contributed by atoms with Gasteiger partial charge in [-0.15, -0.1) is 0 Å². The van der Waals surface area contributed by atoms with E-state index in [9.17, 15) is 0 Å². The average molecular weight is 330 g/mol. The Morgan fingerprint density at radius 2 is 1.92 bits per heavy atom. The first-order valence-electron chi connectivity index (χ1n) is 8.46. The number of hydrogen-bond acceptors (Lipinski definition) is 6. The second-order valence-electron chi connectivity index (χ2n) is 6.14. The average Bonchev–Trinajstić information content (AvgIpc) is 3.04. The first kappa shape index (κ1) is 17.0. The van der Waals surface area contributed by atoms with Gasteiger partial charge in [0.25, 0.3) is 0 Å². The lowest BCUT2D eigenvalue weighted by atomic mass is 10.1. The number of piperazine rings is 1. The predicted molar refractivity (Wildman–Crippen MR) is 95.2 cm³/mol. The van der Waals surface area contributed by atoms with Crippen molar-refractivity contribution < 1.29 is 9.26 Å². The van der Waals surface area contributed by atoms with Gasteiger partial charge in [-0.2, -0.15) is 0 Å². The van der Waals surface area contributed by atoms with E-state index in [1.165, 1.54) is 0 Å². The van der Waals surface area contributed by atoms with Crippen molar-refractivity contribution in [2.75, 3.05) is 58.4 Å². The lowest BCUT2D eigenvalue weighted by Gasteiger charge is -2.32. The van der Waals surface area contributed by atoms with Crippen molar-refractivity contribution in [2.45, 2.75) is 6.54 Å². The quantitative estimate of drug-likeness (QED) is 0.782. The number of nitrogens with zero attached hydrogens (tertiary/aromatic N) is 3. The SMILES string of the molecule is COCCNCc1c(-c2ccccc2)noc1N1CCN(C)CC1. The first-order chi connectivity index (χ1) is 11.8. The molecule has 0 atom stereocenters. The Balaban J connectivity index is 1.83. The summed E-state index contributed by atoms with van der Waals surface area (Å²) in [5, 5.41) is 7.80. The summed E-state index contributed by atoms with van der Waals surface area (Å²) in [5.74, 6) is 0.895.